The maximum absolute atomic E-state index is 6.01. The maximum atomic E-state index is 6.01. The molecule has 112 valence electrons. The summed E-state index contributed by atoms with van der Waals surface area (Å²) in [5.41, 5.74) is 9.28. The van der Waals surface area contributed by atoms with Crippen LogP contribution in [0.5, 0.6) is 5.75 Å². The maximum Gasteiger partial charge on any atom is 0.142 e. The average Bonchev–Trinajstić information content (AvgIpc) is 2.52. The third kappa shape index (κ3) is 5.12. The molecule has 0 radical (unpaired) electrons. The number of hydrogen-bond donors (Lipinski definition) is 2. The molecule has 2 aromatic carbocycles. The van der Waals surface area contributed by atoms with Crippen LogP contribution in [0.2, 0.25) is 0 Å². The van der Waals surface area contributed by atoms with Crippen LogP contribution in [0.25, 0.3) is 0 Å². The number of hydrogen-bond acceptors (Lipinski definition) is 3. The zero-order valence-electron chi connectivity index (χ0n) is 12.6. The van der Waals surface area contributed by atoms with Crippen LogP contribution in [-0.2, 0) is 13.0 Å². The summed E-state index contributed by atoms with van der Waals surface area (Å²) in [6.45, 7) is 4.63. The molecule has 21 heavy (non-hydrogen) atoms. The Bertz CT molecular complexity index is 540. The molecule has 3 N–H and O–H groups in total. The van der Waals surface area contributed by atoms with Crippen molar-refractivity contribution >= 4 is 5.69 Å². The van der Waals surface area contributed by atoms with Gasteiger partial charge in [0.2, 0.25) is 0 Å². The number of nitrogen functional groups attached to an aromatic ring is 1. The average molecular weight is 284 g/mol. The van der Waals surface area contributed by atoms with Crippen LogP contribution in [0.3, 0.4) is 0 Å². The monoisotopic (exact) mass is 284 g/mol. The molecule has 2 aromatic rings. The van der Waals surface area contributed by atoms with E-state index in [1.54, 1.807) is 0 Å². The van der Waals surface area contributed by atoms with E-state index in [4.69, 9.17) is 10.5 Å². The van der Waals surface area contributed by atoms with Gasteiger partial charge >= 0.3 is 0 Å². The lowest BCUT2D eigenvalue weighted by molar-refractivity contribution is 0.319. The number of rotatable bonds is 8. The second-order valence-electron chi connectivity index (χ2n) is 5.13. The summed E-state index contributed by atoms with van der Waals surface area (Å²) in [7, 11) is 0. The van der Waals surface area contributed by atoms with Gasteiger partial charge in [-0.15, -0.1) is 0 Å². The van der Waals surface area contributed by atoms with Crippen LogP contribution in [0, 0.1) is 0 Å². The molecule has 0 fully saturated rings. The molecule has 2 rings (SSSR count). The van der Waals surface area contributed by atoms with Gasteiger partial charge < -0.3 is 15.8 Å². The predicted molar refractivity (Wildman–Crippen MR) is 88.5 cm³/mol. The standard InChI is InChI=1S/C18H24N2O/c1-2-12-21-18-9-8-15(13-17(18)19)10-11-20-14-16-6-4-3-5-7-16/h3-9,13,20H,2,10-12,14,19H2,1H3. The second-order valence-corrected chi connectivity index (χ2v) is 5.13. The highest BCUT2D eigenvalue weighted by Crippen LogP contribution is 2.22. The van der Waals surface area contributed by atoms with Crippen LogP contribution in [-0.4, -0.2) is 13.2 Å². The van der Waals surface area contributed by atoms with Crippen molar-refractivity contribution in [3.63, 3.8) is 0 Å². The summed E-state index contributed by atoms with van der Waals surface area (Å²) in [4.78, 5) is 0. The lowest BCUT2D eigenvalue weighted by Crippen LogP contribution is -2.16. The molecule has 0 aliphatic heterocycles. The Hall–Kier alpha value is -2.00. The zero-order chi connectivity index (χ0) is 14.9. The molecule has 0 bridgehead atoms. The summed E-state index contributed by atoms with van der Waals surface area (Å²) >= 11 is 0. The zero-order valence-corrected chi connectivity index (χ0v) is 12.6. The van der Waals surface area contributed by atoms with Gasteiger partial charge in [0.05, 0.1) is 12.3 Å². The molecule has 0 unspecified atom stereocenters. The Labute approximate surface area is 127 Å². The summed E-state index contributed by atoms with van der Waals surface area (Å²) in [6, 6.07) is 16.5. The quantitative estimate of drug-likeness (QED) is 0.577. The normalized spacial score (nSPS) is 10.5. The van der Waals surface area contributed by atoms with Crippen molar-refractivity contribution in [2.75, 3.05) is 18.9 Å². The summed E-state index contributed by atoms with van der Waals surface area (Å²) in [5.74, 6) is 0.790. The SMILES string of the molecule is CCCOc1ccc(CCNCc2ccccc2)cc1N. The molecular formula is C18H24N2O. The van der Waals surface area contributed by atoms with E-state index in [0.29, 0.717) is 6.61 Å². The van der Waals surface area contributed by atoms with Crippen LogP contribution in [0.15, 0.2) is 48.5 Å². The van der Waals surface area contributed by atoms with Crippen LogP contribution >= 0.6 is 0 Å². The van der Waals surface area contributed by atoms with Crippen molar-refractivity contribution in [2.24, 2.45) is 0 Å². The Morgan fingerprint density at radius 3 is 2.57 bits per heavy atom. The van der Waals surface area contributed by atoms with Crippen LogP contribution < -0.4 is 15.8 Å². The molecule has 0 aliphatic rings. The van der Waals surface area contributed by atoms with Crippen molar-refractivity contribution in [3.8, 4) is 5.75 Å². The van der Waals surface area contributed by atoms with Gasteiger partial charge in [0.25, 0.3) is 0 Å². The summed E-state index contributed by atoms with van der Waals surface area (Å²) < 4.78 is 5.58. The van der Waals surface area contributed by atoms with Gasteiger partial charge in [-0.3, -0.25) is 0 Å². The van der Waals surface area contributed by atoms with E-state index in [1.165, 1.54) is 11.1 Å². The molecule has 0 amide bonds. The molecule has 0 aromatic heterocycles. The topological polar surface area (TPSA) is 47.3 Å². The summed E-state index contributed by atoms with van der Waals surface area (Å²) in [5, 5.41) is 3.45. The number of benzene rings is 2. The van der Waals surface area contributed by atoms with E-state index in [2.05, 4.69) is 42.6 Å². The lowest BCUT2D eigenvalue weighted by Gasteiger charge is -2.10. The fourth-order valence-corrected chi connectivity index (χ4v) is 2.16. The highest BCUT2D eigenvalue weighted by Gasteiger charge is 2.02. The van der Waals surface area contributed by atoms with E-state index < -0.39 is 0 Å². The van der Waals surface area contributed by atoms with Gasteiger partial charge in [-0.25, -0.2) is 0 Å². The molecule has 3 nitrogen and oxygen atoms in total. The number of anilines is 1. The molecule has 0 aliphatic carbocycles. The third-order valence-electron chi connectivity index (χ3n) is 3.30. The predicted octanol–water partition coefficient (Wildman–Crippen LogP) is 3.39. The highest BCUT2D eigenvalue weighted by atomic mass is 16.5. The van der Waals surface area contributed by atoms with Crippen molar-refractivity contribution in [2.45, 2.75) is 26.3 Å². The fourth-order valence-electron chi connectivity index (χ4n) is 2.16. The molecule has 0 heterocycles. The van der Waals surface area contributed by atoms with E-state index in [1.807, 2.05) is 18.2 Å². The van der Waals surface area contributed by atoms with E-state index >= 15 is 0 Å². The van der Waals surface area contributed by atoms with Gasteiger partial charge in [-0.2, -0.15) is 0 Å². The molecule has 0 saturated carbocycles. The van der Waals surface area contributed by atoms with Crippen molar-refractivity contribution < 1.29 is 4.74 Å². The minimum atomic E-state index is 0.710. The molecule has 3 heteroatoms. The Balaban J connectivity index is 1.77. The number of ether oxygens (including phenoxy) is 1. The fraction of sp³-hybridized carbons (Fsp3) is 0.333. The minimum absolute atomic E-state index is 0.710. The van der Waals surface area contributed by atoms with Gasteiger partial charge in [-0.1, -0.05) is 43.3 Å². The first-order valence-corrected chi connectivity index (χ1v) is 7.55. The third-order valence-corrected chi connectivity index (χ3v) is 3.30. The first kappa shape index (κ1) is 15.4. The number of nitrogens with one attached hydrogen (secondary N) is 1. The van der Waals surface area contributed by atoms with Crippen molar-refractivity contribution in [1.29, 1.82) is 0 Å². The van der Waals surface area contributed by atoms with E-state index in [-0.39, 0.29) is 0 Å². The molecule has 0 atom stereocenters. The Kier molecular flexibility index (Phi) is 6.10. The first-order chi connectivity index (χ1) is 10.3. The molecule has 0 saturated heterocycles. The smallest absolute Gasteiger partial charge is 0.142 e. The highest BCUT2D eigenvalue weighted by molar-refractivity contribution is 5.54. The van der Waals surface area contributed by atoms with Gasteiger partial charge in [0, 0.05) is 6.54 Å². The molecular weight excluding hydrogens is 260 g/mol. The van der Waals surface area contributed by atoms with Crippen LogP contribution in [0.4, 0.5) is 5.69 Å². The lowest BCUT2D eigenvalue weighted by atomic mass is 10.1. The second kappa shape index (κ2) is 8.32. The van der Waals surface area contributed by atoms with Crippen LogP contribution in [0.1, 0.15) is 24.5 Å². The largest absolute Gasteiger partial charge is 0.491 e. The number of nitrogens with two attached hydrogens (primary N) is 1. The van der Waals surface area contributed by atoms with Crippen molar-refractivity contribution in [3.05, 3.63) is 59.7 Å². The first-order valence-electron chi connectivity index (χ1n) is 7.55. The molecule has 0 spiro atoms. The summed E-state index contributed by atoms with van der Waals surface area (Å²) in [6.07, 6.45) is 1.95. The Morgan fingerprint density at radius 1 is 1.05 bits per heavy atom. The van der Waals surface area contributed by atoms with E-state index in [0.717, 1.165) is 37.4 Å². The van der Waals surface area contributed by atoms with Gasteiger partial charge in [0.1, 0.15) is 5.75 Å². The minimum Gasteiger partial charge on any atom is -0.491 e. The van der Waals surface area contributed by atoms with Crippen molar-refractivity contribution in [1.82, 2.24) is 5.32 Å². The van der Waals surface area contributed by atoms with E-state index in [9.17, 15) is 0 Å². The van der Waals surface area contributed by atoms with Gasteiger partial charge in [-0.05, 0) is 42.6 Å². The Morgan fingerprint density at radius 2 is 1.86 bits per heavy atom. The van der Waals surface area contributed by atoms with Gasteiger partial charge in [0.15, 0.2) is 0 Å².